The van der Waals surface area contributed by atoms with Crippen molar-refractivity contribution >= 4 is 29.3 Å². The number of rotatable bonds is 4. The van der Waals surface area contributed by atoms with E-state index >= 15 is 0 Å². The molecule has 0 saturated heterocycles. The molecule has 3 rings (SSSR count). The van der Waals surface area contributed by atoms with E-state index < -0.39 is 0 Å². The van der Waals surface area contributed by atoms with Crippen LogP contribution in [0.5, 0.6) is 0 Å². The van der Waals surface area contributed by atoms with Gasteiger partial charge in [0.2, 0.25) is 5.95 Å². The summed E-state index contributed by atoms with van der Waals surface area (Å²) < 4.78 is 2.04. The van der Waals surface area contributed by atoms with Gasteiger partial charge >= 0.3 is 0 Å². The fourth-order valence-electron chi connectivity index (χ4n) is 1.84. The van der Waals surface area contributed by atoms with Crippen LogP contribution in [0.15, 0.2) is 29.4 Å². The molecule has 0 atom stereocenters. The minimum absolute atomic E-state index is 0.502. The van der Waals surface area contributed by atoms with Crippen LogP contribution < -0.4 is 5.73 Å². The molecule has 1 saturated carbocycles. The van der Waals surface area contributed by atoms with Crippen molar-refractivity contribution in [3.05, 3.63) is 34.9 Å². The molecule has 0 amide bonds. The standard InChI is InChI=1S/C12H13ClN4S/c13-9-3-1-2-8(6-9)7-18-12-16-15-11(14)17(12)10-4-5-10/h1-3,6,10H,4-5,7H2,(H2,14,15). The van der Waals surface area contributed by atoms with E-state index in [0.717, 1.165) is 15.9 Å². The van der Waals surface area contributed by atoms with E-state index in [-0.39, 0.29) is 0 Å². The third-order valence-corrected chi connectivity index (χ3v) is 4.11. The molecule has 0 spiro atoms. The number of nitrogens with zero attached hydrogens (tertiary/aromatic N) is 3. The lowest BCUT2D eigenvalue weighted by atomic mass is 10.2. The SMILES string of the molecule is Nc1nnc(SCc2cccc(Cl)c2)n1C1CC1. The van der Waals surface area contributed by atoms with E-state index in [1.165, 1.54) is 18.4 Å². The molecule has 0 aliphatic heterocycles. The van der Waals surface area contributed by atoms with E-state index in [2.05, 4.69) is 16.3 Å². The lowest BCUT2D eigenvalue weighted by Crippen LogP contribution is -2.02. The highest BCUT2D eigenvalue weighted by Gasteiger charge is 2.28. The van der Waals surface area contributed by atoms with Gasteiger partial charge in [0.05, 0.1) is 0 Å². The highest BCUT2D eigenvalue weighted by molar-refractivity contribution is 7.98. The zero-order valence-corrected chi connectivity index (χ0v) is 11.3. The summed E-state index contributed by atoms with van der Waals surface area (Å²) in [6, 6.07) is 8.36. The number of thioether (sulfide) groups is 1. The van der Waals surface area contributed by atoms with Crippen molar-refractivity contribution in [1.82, 2.24) is 14.8 Å². The zero-order chi connectivity index (χ0) is 12.5. The fourth-order valence-corrected chi connectivity index (χ4v) is 3.01. The molecule has 1 aromatic carbocycles. The average molecular weight is 281 g/mol. The Morgan fingerprint density at radius 1 is 1.39 bits per heavy atom. The molecular weight excluding hydrogens is 268 g/mol. The van der Waals surface area contributed by atoms with Gasteiger partial charge in [-0.05, 0) is 30.5 Å². The van der Waals surface area contributed by atoms with Crippen molar-refractivity contribution in [3.8, 4) is 0 Å². The minimum Gasteiger partial charge on any atom is -0.368 e. The summed E-state index contributed by atoms with van der Waals surface area (Å²) in [5.41, 5.74) is 7.01. The number of hydrogen-bond donors (Lipinski definition) is 1. The van der Waals surface area contributed by atoms with Crippen molar-refractivity contribution in [1.29, 1.82) is 0 Å². The maximum Gasteiger partial charge on any atom is 0.222 e. The first-order chi connectivity index (χ1) is 8.74. The van der Waals surface area contributed by atoms with Crippen LogP contribution in [0.3, 0.4) is 0 Å². The number of nitrogen functional groups attached to an aromatic ring is 1. The van der Waals surface area contributed by atoms with E-state index in [1.807, 2.05) is 22.8 Å². The Morgan fingerprint density at radius 2 is 2.22 bits per heavy atom. The lowest BCUT2D eigenvalue weighted by Gasteiger charge is -2.06. The van der Waals surface area contributed by atoms with Gasteiger partial charge in [-0.2, -0.15) is 0 Å². The van der Waals surface area contributed by atoms with Crippen molar-refractivity contribution in [2.75, 3.05) is 5.73 Å². The molecule has 1 aliphatic carbocycles. The van der Waals surface area contributed by atoms with Crippen LogP contribution in [-0.2, 0) is 5.75 Å². The van der Waals surface area contributed by atoms with Gasteiger partial charge in [0, 0.05) is 16.8 Å². The summed E-state index contributed by atoms with van der Waals surface area (Å²) >= 11 is 7.61. The second-order valence-electron chi connectivity index (χ2n) is 4.36. The number of hydrogen-bond acceptors (Lipinski definition) is 4. The highest BCUT2D eigenvalue weighted by atomic mass is 35.5. The van der Waals surface area contributed by atoms with Gasteiger partial charge in [0.1, 0.15) is 0 Å². The maximum absolute atomic E-state index is 5.96. The Kier molecular flexibility index (Phi) is 3.18. The second kappa shape index (κ2) is 4.82. The van der Waals surface area contributed by atoms with Crippen LogP contribution in [0.4, 0.5) is 5.95 Å². The molecule has 1 aliphatic rings. The van der Waals surface area contributed by atoms with Gasteiger partial charge < -0.3 is 5.73 Å². The molecule has 2 N–H and O–H groups in total. The first kappa shape index (κ1) is 11.9. The predicted octanol–water partition coefficient (Wildman–Crippen LogP) is 3.14. The Balaban J connectivity index is 1.73. The zero-order valence-electron chi connectivity index (χ0n) is 9.71. The molecule has 94 valence electrons. The number of halogens is 1. The van der Waals surface area contributed by atoms with Crippen molar-refractivity contribution in [2.24, 2.45) is 0 Å². The summed E-state index contributed by atoms with van der Waals surface area (Å²) in [5, 5.41) is 9.74. The number of aromatic nitrogens is 3. The van der Waals surface area contributed by atoms with Gasteiger partial charge in [0.25, 0.3) is 0 Å². The summed E-state index contributed by atoms with van der Waals surface area (Å²) in [6.45, 7) is 0. The van der Waals surface area contributed by atoms with E-state index in [0.29, 0.717) is 12.0 Å². The van der Waals surface area contributed by atoms with Gasteiger partial charge in [-0.1, -0.05) is 35.5 Å². The molecule has 2 aromatic rings. The molecule has 6 heteroatoms. The summed E-state index contributed by atoms with van der Waals surface area (Å²) in [7, 11) is 0. The third-order valence-electron chi connectivity index (χ3n) is 2.86. The molecule has 0 unspecified atom stereocenters. The number of nitrogens with two attached hydrogens (primary N) is 1. The first-order valence-corrected chi connectivity index (χ1v) is 7.18. The molecule has 0 bridgehead atoms. The largest absolute Gasteiger partial charge is 0.368 e. The number of anilines is 1. The van der Waals surface area contributed by atoms with E-state index in [1.54, 1.807) is 11.8 Å². The van der Waals surface area contributed by atoms with Crippen LogP contribution in [0.1, 0.15) is 24.4 Å². The van der Waals surface area contributed by atoms with Gasteiger partial charge in [-0.15, -0.1) is 10.2 Å². The Hall–Kier alpha value is -1.20. The van der Waals surface area contributed by atoms with E-state index in [4.69, 9.17) is 17.3 Å². The molecule has 1 heterocycles. The monoisotopic (exact) mass is 280 g/mol. The topological polar surface area (TPSA) is 56.7 Å². The van der Waals surface area contributed by atoms with Gasteiger partial charge in [0.15, 0.2) is 5.16 Å². The molecule has 0 radical (unpaired) electrons. The van der Waals surface area contributed by atoms with Crippen molar-refractivity contribution in [3.63, 3.8) is 0 Å². The van der Waals surface area contributed by atoms with Crippen LogP contribution in [0.25, 0.3) is 0 Å². The fraction of sp³-hybridized carbons (Fsp3) is 0.333. The predicted molar refractivity (Wildman–Crippen MR) is 73.7 cm³/mol. The average Bonchev–Trinajstić information content (AvgIpc) is 3.11. The van der Waals surface area contributed by atoms with Crippen molar-refractivity contribution in [2.45, 2.75) is 29.8 Å². The molecule has 18 heavy (non-hydrogen) atoms. The Morgan fingerprint density at radius 3 is 2.94 bits per heavy atom. The molecule has 1 fully saturated rings. The molecular formula is C12H13ClN4S. The second-order valence-corrected chi connectivity index (χ2v) is 5.74. The normalized spacial score (nSPS) is 14.9. The quantitative estimate of drug-likeness (QED) is 0.874. The third kappa shape index (κ3) is 2.47. The van der Waals surface area contributed by atoms with Crippen LogP contribution >= 0.6 is 23.4 Å². The molecule has 1 aromatic heterocycles. The summed E-state index contributed by atoms with van der Waals surface area (Å²) in [5.74, 6) is 1.34. The smallest absolute Gasteiger partial charge is 0.222 e. The van der Waals surface area contributed by atoms with Crippen LogP contribution in [-0.4, -0.2) is 14.8 Å². The van der Waals surface area contributed by atoms with Crippen LogP contribution in [0, 0.1) is 0 Å². The maximum atomic E-state index is 5.96. The van der Waals surface area contributed by atoms with Gasteiger partial charge in [-0.25, -0.2) is 0 Å². The number of benzene rings is 1. The van der Waals surface area contributed by atoms with Gasteiger partial charge in [-0.3, -0.25) is 4.57 Å². The minimum atomic E-state index is 0.502. The lowest BCUT2D eigenvalue weighted by molar-refractivity contribution is 0.671. The Bertz CT molecular complexity index is 565. The molecule has 4 nitrogen and oxygen atoms in total. The first-order valence-electron chi connectivity index (χ1n) is 5.81. The highest BCUT2D eigenvalue weighted by Crippen LogP contribution is 2.39. The van der Waals surface area contributed by atoms with E-state index in [9.17, 15) is 0 Å². The summed E-state index contributed by atoms with van der Waals surface area (Å²) in [6.07, 6.45) is 2.35. The van der Waals surface area contributed by atoms with Crippen LogP contribution in [0.2, 0.25) is 5.02 Å². The Labute approximate surface area is 115 Å². The van der Waals surface area contributed by atoms with Crippen molar-refractivity contribution < 1.29 is 0 Å². The summed E-state index contributed by atoms with van der Waals surface area (Å²) in [4.78, 5) is 0.